The molecule has 0 aliphatic carbocycles. The van der Waals surface area contributed by atoms with Crippen LogP contribution in [0.25, 0.3) is 0 Å². The second-order valence-corrected chi connectivity index (χ2v) is 4.33. The van der Waals surface area contributed by atoms with Crippen molar-refractivity contribution in [3.05, 3.63) is 27.7 Å². The molecule has 1 aromatic carbocycles. The standard InChI is InChI=1S/C10H9BrF3NO3/c1-18-8(10(12,13)14)5-2-4(11)3-6(16)7(5)9(15)17/h2-3,8,16H,1H3,(H2,15,17). The van der Waals surface area contributed by atoms with Crippen LogP contribution in [-0.4, -0.2) is 24.3 Å². The molecule has 1 unspecified atom stereocenters. The van der Waals surface area contributed by atoms with Crippen LogP contribution < -0.4 is 5.73 Å². The van der Waals surface area contributed by atoms with E-state index in [0.717, 1.165) is 19.2 Å². The van der Waals surface area contributed by atoms with Gasteiger partial charge in [0.2, 0.25) is 0 Å². The third kappa shape index (κ3) is 2.94. The largest absolute Gasteiger partial charge is 0.507 e. The fraction of sp³-hybridized carbons (Fsp3) is 0.300. The first-order valence-corrected chi connectivity index (χ1v) is 5.39. The van der Waals surface area contributed by atoms with Gasteiger partial charge in [-0.3, -0.25) is 4.79 Å². The Morgan fingerprint density at radius 1 is 1.50 bits per heavy atom. The predicted octanol–water partition coefficient (Wildman–Crippen LogP) is 2.50. The molecule has 1 atom stereocenters. The molecular formula is C10H9BrF3NO3. The number of nitrogens with two attached hydrogens (primary N) is 1. The fourth-order valence-electron chi connectivity index (χ4n) is 1.53. The molecule has 0 aliphatic rings. The van der Waals surface area contributed by atoms with E-state index >= 15 is 0 Å². The molecule has 0 heterocycles. The van der Waals surface area contributed by atoms with E-state index in [9.17, 15) is 23.1 Å². The van der Waals surface area contributed by atoms with E-state index in [1.54, 1.807) is 0 Å². The molecule has 1 rings (SSSR count). The quantitative estimate of drug-likeness (QED) is 0.895. The van der Waals surface area contributed by atoms with Crippen molar-refractivity contribution in [1.82, 2.24) is 0 Å². The van der Waals surface area contributed by atoms with Crippen molar-refractivity contribution in [2.45, 2.75) is 12.3 Å². The number of amides is 1. The highest BCUT2D eigenvalue weighted by molar-refractivity contribution is 9.10. The Hall–Kier alpha value is -1.28. The maximum atomic E-state index is 12.7. The van der Waals surface area contributed by atoms with Crippen molar-refractivity contribution in [1.29, 1.82) is 0 Å². The molecule has 1 amide bonds. The molecule has 0 fully saturated rings. The molecule has 0 bridgehead atoms. The number of methoxy groups -OCH3 is 1. The van der Waals surface area contributed by atoms with Crippen LogP contribution in [0.1, 0.15) is 22.0 Å². The summed E-state index contributed by atoms with van der Waals surface area (Å²) >= 11 is 2.93. The highest BCUT2D eigenvalue weighted by Gasteiger charge is 2.43. The number of aromatic hydroxyl groups is 1. The lowest BCUT2D eigenvalue weighted by molar-refractivity contribution is -0.216. The molecule has 8 heteroatoms. The lowest BCUT2D eigenvalue weighted by Gasteiger charge is -2.21. The summed E-state index contributed by atoms with van der Waals surface area (Å²) in [7, 11) is 0.848. The van der Waals surface area contributed by atoms with E-state index in [0.29, 0.717) is 0 Å². The number of hydrogen-bond acceptors (Lipinski definition) is 3. The number of carbonyl (C=O) groups excluding carboxylic acids is 1. The van der Waals surface area contributed by atoms with Gasteiger partial charge < -0.3 is 15.6 Å². The average molecular weight is 328 g/mol. The summed E-state index contributed by atoms with van der Waals surface area (Å²) < 4.78 is 42.7. The normalized spacial score (nSPS) is 13.4. The van der Waals surface area contributed by atoms with Gasteiger partial charge in [-0.15, -0.1) is 0 Å². The molecule has 0 saturated carbocycles. The van der Waals surface area contributed by atoms with Crippen LogP contribution in [0.15, 0.2) is 16.6 Å². The number of phenols is 1. The smallest absolute Gasteiger partial charge is 0.418 e. The Kier molecular flexibility index (Phi) is 4.23. The third-order valence-corrected chi connectivity index (χ3v) is 2.63. The van der Waals surface area contributed by atoms with Crippen LogP contribution in [-0.2, 0) is 4.74 Å². The van der Waals surface area contributed by atoms with Crippen molar-refractivity contribution in [2.24, 2.45) is 5.73 Å². The van der Waals surface area contributed by atoms with Gasteiger partial charge in [0.05, 0.1) is 5.56 Å². The monoisotopic (exact) mass is 327 g/mol. The van der Waals surface area contributed by atoms with Gasteiger partial charge in [0.25, 0.3) is 5.91 Å². The zero-order chi connectivity index (χ0) is 14.1. The Morgan fingerprint density at radius 3 is 2.44 bits per heavy atom. The second-order valence-electron chi connectivity index (χ2n) is 3.41. The van der Waals surface area contributed by atoms with Crippen LogP contribution in [0.5, 0.6) is 5.75 Å². The molecule has 0 saturated heterocycles. The number of primary amides is 1. The number of carbonyl (C=O) groups is 1. The van der Waals surface area contributed by atoms with Crippen LogP contribution in [0, 0.1) is 0 Å². The molecule has 0 radical (unpaired) electrons. The molecule has 0 aliphatic heterocycles. The molecular weight excluding hydrogens is 319 g/mol. The SMILES string of the molecule is COC(c1cc(Br)cc(O)c1C(N)=O)C(F)(F)F. The zero-order valence-electron chi connectivity index (χ0n) is 9.08. The van der Waals surface area contributed by atoms with Gasteiger partial charge in [0.1, 0.15) is 5.75 Å². The summed E-state index contributed by atoms with van der Waals surface area (Å²) in [5, 5.41) is 9.50. The molecule has 4 nitrogen and oxygen atoms in total. The number of halogens is 4. The van der Waals surface area contributed by atoms with Gasteiger partial charge in [-0.2, -0.15) is 13.2 Å². The molecule has 18 heavy (non-hydrogen) atoms. The highest BCUT2D eigenvalue weighted by atomic mass is 79.9. The lowest BCUT2D eigenvalue weighted by atomic mass is 10.0. The van der Waals surface area contributed by atoms with E-state index in [4.69, 9.17) is 5.73 Å². The summed E-state index contributed by atoms with van der Waals surface area (Å²) in [5.41, 5.74) is 3.82. The number of rotatable bonds is 3. The zero-order valence-corrected chi connectivity index (χ0v) is 10.7. The minimum atomic E-state index is -4.73. The number of alkyl halides is 3. The first kappa shape index (κ1) is 14.8. The van der Waals surface area contributed by atoms with Gasteiger partial charge >= 0.3 is 6.18 Å². The summed E-state index contributed by atoms with van der Waals surface area (Å²) in [4.78, 5) is 11.1. The van der Waals surface area contributed by atoms with E-state index in [2.05, 4.69) is 20.7 Å². The van der Waals surface area contributed by atoms with Crippen LogP contribution in [0.2, 0.25) is 0 Å². The summed E-state index contributed by atoms with van der Waals surface area (Å²) in [6.45, 7) is 0. The van der Waals surface area contributed by atoms with Crippen LogP contribution in [0.3, 0.4) is 0 Å². The minimum absolute atomic E-state index is 0.173. The topological polar surface area (TPSA) is 72.6 Å². The first-order chi connectivity index (χ1) is 8.18. The maximum absolute atomic E-state index is 12.7. The summed E-state index contributed by atoms with van der Waals surface area (Å²) in [5.74, 6) is -1.81. The number of ether oxygens (including phenoxy) is 1. The van der Waals surface area contributed by atoms with Gasteiger partial charge in [-0.05, 0) is 12.1 Å². The Bertz CT molecular complexity index is 476. The summed E-state index contributed by atoms with van der Waals surface area (Å²) in [6.07, 6.45) is -7.07. The van der Waals surface area contributed by atoms with E-state index < -0.39 is 35.1 Å². The molecule has 1 aromatic rings. The average Bonchev–Trinajstić information content (AvgIpc) is 2.13. The second kappa shape index (κ2) is 5.15. The van der Waals surface area contributed by atoms with E-state index in [1.807, 2.05) is 0 Å². The van der Waals surface area contributed by atoms with Crippen LogP contribution in [0.4, 0.5) is 13.2 Å². The maximum Gasteiger partial charge on any atom is 0.418 e. The molecule has 100 valence electrons. The van der Waals surface area contributed by atoms with Crippen molar-refractivity contribution in [2.75, 3.05) is 7.11 Å². The minimum Gasteiger partial charge on any atom is -0.507 e. The van der Waals surface area contributed by atoms with Crippen molar-refractivity contribution in [3.63, 3.8) is 0 Å². The molecule has 0 aromatic heterocycles. The van der Waals surface area contributed by atoms with Crippen LogP contribution >= 0.6 is 15.9 Å². The Balaban J connectivity index is 3.51. The third-order valence-electron chi connectivity index (χ3n) is 2.17. The summed E-state index contributed by atoms with van der Waals surface area (Å²) in [6, 6.07) is 2.11. The van der Waals surface area contributed by atoms with Gasteiger partial charge in [-0.25, -0.2) is 0 Å². The number of benzene rings is 1. The fourth-order valence-corrected chi connectivity index (χ4v) is 1.99. The Labute approximate surface area is 109 Å². The van der Waals surface area contributed by atoms with Crippen molar-refractivity contribution in [3.8, 4) is 5.75 Å². The van der Waals surface area contributed by atoms with Crippen molar-refractivity contribution >= 4 is 21.8 Å². The predicted molar refractivity (Wildman–Crippen MR) is 60.1 cm³/mol. The van der Waals surface area contributed by atoms with Crippen molar-refractivity contribution < 1.29 is 27.8 Å². The highest BCUT2D eigenvalue weighted by Crippen LogP contribution is 2.40. The van der Waals surface area contributed by atoms with Gasteiger partial charge in [0.15, 0.2) is 6.10 Å². The first-order valence-electron chi connectivity index (χ1n) is 4.60. The lowest BCUT2D eigenvalue weighted by Crippen LogP contribution is -2.26. The van der Waals surface area contributed by atoms with E-state index in [1.165, 1.54) is 0 Å². The Morgan fingerprint density at radius 2 is 2.06 bits per heavy atom. The molecule has 3 N–H and O–H groups in total. The van der Waals surface area contributed by atoms with E-state index in [-0.39, 0.29) is 4.47 Å². The molecule has 0 spiro atoms. The van der Waals surface area contributed by atoms with Gasteiger partial charge in [-0.1, -0.05) is 15.9 Å². The van der Waals surface area contributed by atoms with Gasteiger partial charge in [0, 0.05) is 17.1 Å². The number of hydrogen-bond donors (Lipinski definition) is 2.